The van der Waals surface area contributed by atoms with Crippen molar-refractivity contribution in [1.29, 1.82) is 0 Å². The van der Waals surface area contributed by atoms with Crippen LogP contribution in [-0.2, 0) is 0 Å². The Morgan fingerprint density at radius 3 is 2.45 bits per heavy atom. The monoisotopic (exact) mass is 152 g/mol. The van der Waals surface area contributed by atoms with Gasteiger partial charge in [-0.2, -0.15) is 0 Å². The first-order chi connectivity index (χ1) is 5.16. The lowest BCUT2D eigenvalue weighted by Crippen LogP contribution is -2.12. The molecular weight excluding hydrogens is 149 g/mol. The van der Waals surface area contributed by atoms with Gasteiger partial charge < -0.3 is 0 Å². The Morgan fingerprint density at radius 1 is 1.27 bits per heavy atom. The molecule has 11 heavy (non-hydrogen) atoms. The molecule has 2 radical (unpaired) electrons. The summed E-state index contributed by atoms with van der Waals surface area (Å²) < 4.78 is 25.1. The number of hydrogen-bond acceptors (Lipinski definition) is 1. The lowest BCUT2D eigenvalue weighted by molar-refractivity contribution is 0.111. The number of benzene rings is 1. The van der Waals surface area contributed by atoms with Gasteiger partial charge in [-0.25, -0.2) is 8.78 Å². The van der Waals surface area contributed by atoms with Crippen molar-refractivity contribution in [2.45, 2.75) is 0 Å². The highest BCUT2D eigenvalue weighted by atomic mass is 19.2. The Hall–Kier alpha value is -1.19. The molecule has 0 aliphatic rings. The SMILES string of the molecule is [B]c1ccc(C=O)c(F)c1F. The molecule has 0 N–H and O–H groups in total. The van der Waals surface area contributed by atoms with Crippen molar-refractivity contribution in [3.05, 3.63) is 29.3 Å². The number of rotatable bonds is 1. The van der Waals surface area contributed by atoms with Crippen LogP contribution in [0.5, 0.6) is 0 Å². The summed E-state index contributed by atoms with van der Waals surface area (Å²) in [6.45, 7) is 0. The topological polar surface area (TPSA) is 17.1 Å². The number of halogens is 2. The first kappa shape index (κ1) is 7.92. The largest absolute Gasteiger partial charge is 0.298 e. The van der Waals surface area contributed by atoms with E-state index in [9.17, 15) is 13.6 Å². The molecule has 4 heteroatoms. The summed E-state index contributed by atoms with van der Waals surface area (Å²) in [5.41, 5.74) is -0.621. The van der Waals surface area contributed by atoms with Gasteiger partial charge in [-0.05, 0) is 6.07 Å². The van der Waals surface area contributed by atoms with E-state index in [4.69, 9.17) is 7.85 Å². The standard InChI is InChI=1S/C7H3BF2O/c8-5-2-1-4(3-11)6(9)7(5)10/h1-3H. The third-order valence-electron chi connectivity index (χ3n) is 1.27. The number of aldehydes is 1. The zero-order chi connectivity index (χ0) is 8.43. The molecule has 54 valence electrons. The van der Waals surface area contributed by atoms with Crippen molar-refractivity contribution in [2.75, 3.05) is 0 Å². The number of carbonyl (C=O) groups is 1. The summed E-state index contributed by atoms with van der Waals surface area (Å²) in [6.07, 6.45) is 0.234. The smallest absolute Gasteiger partial charge is 0.168 e. The lowest BCUT2D eigenvalue weighted by Gasteiger charge is -1.98. The fourth-order valence-corrected chi connectivity index (χ4v) is 0.670. The molecule has 1 aromatic carbocycles. The van der Waals surface area contributed by atoms with Crippen LogP contribution < -0.4 is 5.46 Å². The Labute approximate surface area is 63.4 Å². The summed E-state index contributed by atoms with van der Waals surface area (Å²) >= 11 is 0. The molecule has 0 spiro atoms. The molecule has 1 nitrogen and oxygen atoms in total. The van der Waals surface area contributed by atoms with Crippen molar-refractivity contribution in [3.8, 4) is 0 Å². The van der Waals surface area contributed by atoms with Crippen LogP contribution in [0.1, 0.15) is 10.4 Å². The van der Waals surface area contributed by atoms with Crippen LogP contribution in [0, 0.1) is 11.6 Å². The van der Waals surface area contributed by atoms with Gasteiger partial charge in [0.25, 0.3) is 0 Å². The maximum Gasteiger partial charge on any atom is 0.168 e. The van der Waals surface area contributed by atoms with Gasteiger partial charge in [0.05, 0.1) is 5.56 Å². The van der Waals surface area contributed by atoms with E-state index in [-0.39, 0.29) is 17.3 Å². The van der Waals surface area contributed by atoms with Crippen LogP contribution in [0.25, 0.3) is 0 Å². The van der Waals surface area contributed by atoms with E-state index in [2.05, 4.69) is 0 Å². The number of carbonyl (C=O) groups excluding carboxylic acids is 1. The summed E-state index contributed by atoms with van der Waals surface area (Å²) in [5.74, 6) is -2.37. The van der Waals surface area contributed by atoms with Crippen LogP contribution in [0.2, 0.25) is 0 Å². The van der Waals surface area contributed by atoms with Gasteiger partial charge in [-0.1, -0.05) is 11.5 Å². The van der Waals surface area contributed by atoms with Crippen LogP contribution >= 0.6 is 0 Å². The predicted molar refractivity (Wildman–Crippen MR) is 37.1 cm³/mol. The van der Waals surface area contributed by atoms with Crippen LogP contribution in [0.3, 0.4) is 0 Å². The molecule has 0 heterocycles. The summed E-state index contributed by atoms with van der Waals surface area (Å²) in [4.78, 5) is 10.0. The average molecular weight is 152 g/mol. The lowest BCUT2D eigenvalue weighted by atomic mass is 9.94. The maximum absolute atomic E-state index is 12.6. The molecule has 0 aliphatic heterocycles. The van der Waals surface area contributed by atoms with Crippen molar-refractivity contribution in [1.82, 2.24) is 0 Å². The van der Waals surface area contributed by atoms with E-state index in [0.717, 1.165) is 12.1 Å². The Bertz CT molecular complexity index is 299. The van der Waals surface area contributed by atoms with Crippen LogP contribution in [-0.4, -0.2) is 14.1 Å². The molecule has 0 saturated carbocycles. The van der Waals surface area contributed by atoms with Gasteiger partial charge in [-0.15, -0.1) is 0 Å². The molecule has 0 unspecified atom stereocenters. The van der Waals surface area contributed by atoms with Gasteiger partial charge in [0, 0.05) is 0 Å². The summed E-state index contributed by atoms with van der Waals surface area (Å²) in [7, 11) is 5.01. The molecule has 0 amide bonds. The van der Waals surface area contributed by atoms with Gasteiger partial charge in [0.15, 0.2) is 17.9 Å². The molecular formula is C7H3BF2O. The van der Waals surface area contributed by atoms with Crippen molar-refractivity contribution in [3.63, 3.8) is 0 Å². The molecule has 0 bridgehead atoms. The second kappa shape index (κ2) is 2.82. The summed E-state index contributed by atoms with van der Waals surface area (Å²) in [5, 5.41) is 0. The van der Waals surface area contributed by atoms with Gasteiger partial charge in [0.1, 0.15) is 7.85 Å². The first-order valence-electron chi connectivity index (χ1n) is 2.85. The third-order valence-corrected chi connectivity index (χ3v) is 1.27. The predicted octanol–water partition coefficient (Wildman–Crippen LogP) is 0.571. The third kappa shape index (κ3) is 1.29. The minimum absolute atomic E-state index is 0.234. The Kier molecular flexibility index (Phi) is 2.03. The Morgan fingerprint density at radius 2 is 1.91 bits per heavy atom. The fourth-order valence-electron chi connectivity index (χ4n) is 0.670. The van der Waals surface area contributed by atoms with Crippen molar-refractivity contribution < 1.29 is 13.6 Å². The molecule has 0 atom stereocenters. The fraction of sp³-hybridized carbons (Fsp3) is 0. The molecule has 0 fully saturated rings. The molecule has 0 aromatic heterocycles. The van der Waals surface area contributed by atoms with Crippen molar-refractivity contribution >= 4 is 19.6 Å². The minimum atomic E-state index is -1.19. The quantitative estimate of drug-likeness (QED) is 0.424. The molecule has 1 rings (SSSR count). The normalized spacial score (nSPS) is 9.64. The highest BCUT2D eigenvalue weighted by molar-refractivity contribution is 6.32. The second-order valence-electron chi connectivity index (χ2n) is 1.99. The van der Waals surface area contributed by atoms with E-state index < -0.39 is 11.6 Å². The second-order valence-corrected chi connectivity index (χ2v) is 1.99. The molecule has 1 aromatic rings. The van der Waals surface area contributed by atoms with Crippen LogP contribution in [0.15, 0.2) is 12.1 Å². The van der Waals surface area contributed by atoms with E-state index >= 15 is 0 Å². The highest BCUT2D eigenvalue weighted by Crippen LogP contribution is 2.06. The highest BCUT2D eigenvalue weighted by Gasteiger charge is 2.08. The van der Waals surface area contributed by atoms with Gasteiger partial charge in [-0.3, -0.25) is 4.79 Å². The number of hydrogen-bond donors (Lipinski definition) is 0. The van der Waals surface area contributed by atoms with E-state index in [1.807, 2.05) is 0 Å². The van der Waals surface area contributed by atoms with Gasteiger partial charge >= 0.3 is 0 Å². The van der Waals surface area contributed by atoms with Gasteiger partial charge in [0.2, 0.25) is 0 Å². The van der Waals surface area contributed by atoms with E-state index in [1.165, 1.54) is 0 Å². The first-order valence-corrected chi connectivity index (χ1v) is 2.85. The maximum atomic E-state index is 12.6. The Balaban J connectivity index is 3.36. The zero-order valence-corrected chi connectivity index (χ0v) is 5.47. The van der Waals surface area contributed by atoms with E-state index in [1.54, 1.807) is 0 Å². The zero-order valence-electron chi connectivity index (χ0n) is 5.47. The molecule has 0 saturated heterocycles. The minimum Gasteiger partial charge on any atom is -0.298 e. The summed E-state index contributed by atoms with van der Waals surface area (Å²) in [6, 6.07) is 2.27. The van der Waals surface area contributed by atoms with E-state index in [0.29, 0.717) is 0 Å². The average Bonchev–Trinajstić information content (AvgIpc) is 2.01. The molecule has 0 aliphatic carbocycles. The van der Waals surface area contributed by atoms with Crippen LogP contribution in [0.4, 0.5) is 8.78 Å². The van der Waals surface area contributed by atoms with Crippen molar-refractivity contribution in [2.24, 2.45) is 0 Å².